The van der Waals surface area contributed by atoms with Gasteiger partial charge in [0.15, 0.2) is 0 Å². The van der Waals surface area contributed by atoms with E-state index >= 15 is 0 Å². The van der Waals surface area contributed by atoms with Gasteiger partial charge in [-0.2, -0.15) is 0 Å². The van der Waals surface area contributed by atoms with Crippen molar-refractivity contribution in [3.63, 3.8) is 0 Å². The predicted octanol–water partition coefficient (Wildman–Crippen LogP) is 6.88. The molecule has 0 unspecified atom stereocenters. The van der Waals surface area contributed by atoms with Crippen molar-refractivity contribution in [3.8, 4) is 0 Å². The number of nitrogens with zero attached hydrogens (tertiary/aromatic N) is 2. The van der Waals surface area contributed by atoms with Gasteiger partial charge in [0, 0.05) is 47.0 Å². The van der Waals surface area contributed by atoms with Gasteiger partial charge in [0.1, 0.15) is 0 Å². The molecule has 4 aromatic rings. The minimum Gasteiger partial charge on any atom is -0.354 e. The molecule has 43 heavy (non-hydrogen) atoms. The number of amides is 2. The monoisotopic (exact) mass is 571 g/mol. The van der Waals surface area contributed by atoms with Crippen LogP contribution in [0.5, 0.6) is 0 Å². The van der Waals surface area contributed by atoms with Crippen LogP contribution in [0.4, 0.5) is 11.4 Å². The number of hydrogen-bond donors (Lipinski definition) is 3. The van der Waals surface area contributed by atoms with Crippen LogP contribution in [0.3, 0.4) is 0 Å². The van der Waals surface area contributed by atoms with Crippen LogP contribution in [0.15, 0.2) is 97.3 Å². The van der Waals surface area contributed by atoms with Gasteiger partial charge in [-0.05, 0) is 85.9 Å². The van der Waals surface area contributed by atoms with Crippen molar-refractivity contribution < 1.29 is 9.59 Å². The predicted molar refractivity (Wildman–Crippen MR) is 172 cm³/mol. The maximum atomic E-state index is 13.5. The molecule has 1 saturated heterocycles. The second-order valence-corrected chi connectivity index (χ2v) is 11.2. The van der Waals surface area contributed by atoms with Crippen molar-refractivity contribution in [2.24, 2.45) is 0 Å². The number of hydrogen-bond acceptors (Lipinski definition) is 5. The number of pyridine rings is 1. The molecule has 0 radical (unpaired) electrons. The number of anilines is 2. The van der Waals surface area contributed by atoms with E-state index in [1.54, 1.807) is 30.6 Å². The third-order valence-corrected chi connectivity index (χ3v) is 8.19. The van der Waals surface area contributed by atoms with Gasteiger partial charge in [0.25, 0.3) is 11.8 Å². The van der Waals surface area contributed by atoms with Gasteiger partial charge in [0.05, 0.1) is 17.3 Å². The van der Waals surface area contributed by atoms with E-state index in [2.05, 4.69) is 51.0 Å². The molecular formula is C36H37N5O2. The maximum Gasteiger partial charge on any atom is 0.258 e. The van der Waals surface area contributed by atoms with E-state index in [9.17, 15) is 9.59 Å². The number of fused-ring (bicyclic) bond motifs is 1. The lowest BCUT2D eigenvalue weighted by atomic mass is 9.98. The van der Waals surface area contributed by atoms with Crippen LogP contribution in [-0.2, 0) is 11.3 Å². The van der Waals surface area contributed by atoms with E-state index in [1.807, 2.05) is 48.5 Å². The van der Waals surface area contributed by atoms with Crippen LogP contribution < -0.4 is 16.0 Å². The second-order valence-electron chi connectivity index (χ2n) is 11.2. The lowest BCUT2D eigenvalue weighted by molar-refractivity contribution is -0.110. The first kappa shape index (κ1) is 28.4. The molecule has 3 heterocycles. The number of likely N-dealkylation sites (tertiary alicyclic amines) is 1. The number of rotatable bonds is 9. The first-order chi connectivity index (χ1) is 21.1. The summed E-state index contributed by atoms with van der Waals surface area (Å²) in [7, 11) is 0. The highest BCUT2D eigenvalue weighted by Gasteiger charge is 2.30. The average Bonchev–Trinajstić information content (AvgIpc) is 3.38. The number of nitrogens with one attached hydrogen (secondary N) is 3. The average molecular weight is 572 g/mol. The highest BCUT2D eigenvalue weighted by molar-refractivity contribution is 6.37. The van der Waals surface area contributed by atoms with Crippen LogP contribution in [0, 0.1) is 0 Å². The Kier molecular flexibility index (Phi) is 8.61. The number of carbonyl (C=O) groups is 2. The highest BCUT2D eigenvalue weighted by Crippen LogP contribution is 2.38. The lowest BCUT2D eigenvalue weighted by Gasteiger charge is -2.26. The fraction of sp³-hybridized carbons (Fsp3) is 0.250. The van der Waals surface area contributed by atoms with Crippen molar-refractivity contribution in [2.75, 3.05) is 23.7 Å². The topological polar surface area (TPSA) is 86.4 Å². The summed E-state index contributed by atoms with van der Waals surface area (Å²) in [6, 6.07) is 27.4. The molecule has 7 heteroatoms. The Morgan fingerprint density at radius 3 is 2.53 bits per heavy atom. The van der Waals surface area contributed by atoms with Crippen molar-refractivity contribution in [3.05, 3.63) is 125 Å². The summed E-state index contributed by atoms with van der Waals surface area (Å²) in [5.74, 6) is -0.405. The Balaban J connectivity index is 1.34. The number of carbonyl (C=O) groups excluding carboxylic acids is 2. The minimum atomic E-state index is -0.223. The van der Waals surface area contributed by atoms with Crippen molar-refractivity contribution in [1.82, 2.24) is 15.2 Å². The Morgan fingerprint density at radius 1 is 0.930 bits per heavy atom. The molecule has 2 aliphatic heterocycles. The second kappa shape index (κ2) is 13.0. The van der Waals surface area contributed by atoms with E-state index in [4.69, 9.17) is 0 Å². The molecule has 0 bridgehead atoms. The van der Waals surface area contributed by atoms with E-state index in [0.29, 0.717) is 28.1 Å². The van der Waals surface area contributed by atoms with Crippen molar-refractivity contribution in [2.45, 2.75) is 45.2 Å². The first-order valence-electron chi connectivity index (χ1n) is 15.1. The van der Waals surface area contributed by atoms with Gasteiger partial charge in [-0.25, -0.2) is 0 Å². The van der Waals surface area contributed by atoms with Crippen LogP contribution in [0.25, 0.3) is 11.3 Å². The molecule has 3 N–H and O–H groups in total. The van der Waals surface area contributed by atoms with Crippen LogP contribution in [0.1, 0.15) is 71.3 Å². The lowest BCUT2D eigenvalue weighted by Crippen LogP contribution is -2.29. The molecule has 3 aromatic carbocycles. The van der Waals surface area contributed by atoms with Crippen molar-refractivity contribution in [1.29, 1.82) is 0 Å². The molecule has 0 aliphatic carbocycles. The molecule has 0 saturated carbocycles. The van der Waals surface area contributed by atoms with Crippen LogP contribution in [-0.4, -0.2) is 34.8 Å². The summed E-state index contributed by atoms with van der Waals surface area (Å²) in [5, 5.41) is 9.72. The zero-order chi connectivity index (χ0) is 29.6. The van der Waals surface area contributed by atoms with E-state index in [0.717, 1.165) is 42.9 Å². The van der Waals surface area contributed by atoms with E-state index < -0.39 is 0 Å². The van der Waals surface area contributed by atoms with E-state index in [-0.39, 0.29) is 17.9 Å². The summed E-state index contributed by atoms with van der Waals surface area (Å²) in [6.45, 7) is 5.20. The van der Waals surface area contributed by atoms with Crippen LogP contribution >= 0.6 is 0 Å². The maximum absolute atomic E-state index is 13.5. The molecule has 1 aromatic heterocycles. The summed E-state index contributed by atoms with van der Waals surface area (Å²) in [5.41, 5.74) is 6.94. The Labute approximate surface area is 253 Å². The summed E-state index contributed by atoms with van der Waals surface area (Å²) >= 11 is 0. The minimum absolute atomic E-state index is 0.110. The molecule has 2 aliphatic rings. The molecule has 218 valence electrons. The number of benzene rings is 3. The molecule has 1 atom stereocenters. The fourth-order valence-corrected chi connectivity index (χ4v) is 5.96. The summed E-state index contributed by atoms with van der Waals surface area (Å²) in [6.07, 6.45) is 8.02. The number of piperidine rings is 1. The fourth-order valence-electron chi connectivity index (χ4n) is 5.96. The Hall–Kier alpha value is -4.75. The van der Waals surface area contributed by atoms with Gasteiger partial charge in [-0.1, -0.05) is 55.8 Å². The van der Waals surface area contributed by atoms with Gasteiger partial charge in [-0.3, -0.25) is 19.5 Å². The SMILES string of the molecule is CC[C@H](NC(=O)c1ccc2c(c1)/C(=C(/Nc1cccc(CN3CCCCC3)c1)c1cccnc1)C(=O)N2)c1ccccc1. The molecule has 2 amide bonds. The standard InChI is InChI=1S/C36H37N5O2/c1-2-31(26-12-5-3-6-13-26)39-35(42)27-16-17-32-30(22-27)33(36(43)40-32)34(28-14-10-18-37-23-28)38-29-15-9-11-25(21-29)24-41-19-7-4-8-20-41/h3,5-6,9-18,21-23,31,38H,2,4,7-8,19-20,24H2,1H3,(H,39,42)(H,40,43)/b34-33-/t31-/m0/s1. The number of aromatic nitrogens is 1. The summed E-state index contributed by atoms with van der Waals surface area (Å²) in [4.78, 5) is 33.8. The smallest absolute Gasteiger partial charge is 0.258 e. The van der Waals surface area contributed by atoms with E-state index in [1.165, 1.54) is 24.8 Å². The highest BCUT2D eigenvalue weighted by atomic mass is 16.2. The quantitative estimate of drug-likeness (QED) is 0.191. The van der Waals surface area contributed by atoms with Gasteiger partial charge < -0.3 is 16.0 Å². The Morgan fingerprint density at radius 2 is 1.77 bits per heavy atom. The molecule has 1 fully saturated rings. The molecular weight excluding hydrogens is 534 g/mol. The third-order valence-electron chi connectivity index (χ3n) is 8.19. The Bertz CT molecular complexity index is 1630. The molecule has 0 spiro atoms. The van der Waals surface area contributed by atoms with Crippen LogP contribution in [0.2, 0.25) is 0 Å². The zero-order valence-electron chi connectivity index (χ0n) is 24.5. The third kappa shape index (κ3) is 6.52. The summed E-state index contributed by atoms with van der Waals surface area (Å²) < 4.78 is 0. The van der Waals surface area contributed by atoms with Gasteiger partial charge >= 0.3 is 0 Å². The molecule has 6 rings (SSSR count). The van der Waals surface area contributed by atoms with Gasteiger partial charge in [-0.15, -0.1) is 0 Å². The normalized spacial score (nSPS) is 16.6. The zero-order valence-corrected chi connectivity index (χ0v) is 24.5. The largest absolute Gasteiger partial charge is 0.354 e. The first-order valence-corrected chi connectivity index (χ1v) is 15.1. The van der Waals surface area contributed by atoms with Crippen molar-refractivity contribution >= 4 is 34.5 Å². The molecule has 7 nitrogen and oxygen atoms in total. The van der Waals surface area contributed by atoms with Gasteiger partial charge in [0.2, 0.25) is 0 Å².